The standard InChI is InChI=1S/C17H19FN4O4S/c18-11-5-3-10(4-6-11)15-21-12(9-27-15)8-14(23)22-13(16(24)25)2-1-7-20-17(19)26/h3-6,9,13H,1-2,7-8H2,(H,22,23)(H,24,25)(H3,19,20,26). The zero-order valence-electron chi connectivity index (χ0n) is 14.3. The van der Waals surface area contributed by atoms with Gasteiger partial charge in [0.25, 0.3) is 0 Å². The van der Waals surface area contributed by atoms with Crippen molar-refractivity contribution in [2.75, 3.05) is 6.54 Å². The average Bonchev–Trinajstić information content (AvgIpc) is 3.06. The molecule has 5 N–H and O–H groups in total. The number of aliphatic carboxylic acids is 1. The van der Waals surface area contributed by atoms with Crippen LogP contribution >= 0.6 is 11.3 Å². The molecule has 0 radical (unpaired) electrons. The smallest absolute Gasteiger partial charge is 0.326 e. The average molecular weight is 394 g/mol. The minimum atomic E-state index is -1.16. The molecule has 0 aliphatic heterocycles. The summed E-state index contributed by atoms with van der Waals surface area (Å²) >= 11 is 1.31. The summed E-state index contributed by atoms with van der Waals surface area (Å²) in [5.41, 5.74) is 6.16. The van der Waals surface area contributed by atoms with Crippen LogP contribution in [0.5, 0.6) is 0 Å². The first-order chi connectivity index (χ1) is 12.8. The normalized spacial score (nSPS) is 11.6. The number of carboxylic acid groups (broad SMARTS) is 1. The van der Waals surface area contributed by atoms with Gasteiger partial charge in [-0.2, -0.15) is 0 Å². The van der Waals surface area contributed by atoms with E-state index in [4.69, 9.17) is 5.73 Å². The first kappa shape index (κ1) is 20.3. The summed E-state index contributed by atoms with van der Waals surface area (Å²) in [6, 6.07) is 4.09. The number of thiazole rings is 1. The van der Waals surface area contributed by atoms with E-state index in [9.17, 15) is 23.9 Å². The molecule has 1 atom stereocenters. The highest BCUT2D eigenvalue weighted by atomic mass is 32.1. The Morgan fingerprint density at radius 1 is 1.26 bits per heavy atom. The molecule has 0 saturated heterocycles. The van der Waals surface area contributed by atoms with Gasteiger partial charge in [-0.1, -0.05) is 0 Å². The fourth-order valence-corrected chi connectivity index (χ4v) is 3.12. The second-order valence-corrected chi connectivity index (χ2v) is 6.58. The molecule has 1 unspecified atom stereocenters. The molecule has 8 nitrogen and oxygen atoms in total. The van der Waals surface area contributed by atoms with Gasteiger partial charge in [0, 0.05) is 17.5 Å². The number of aromatic nitrogens is 1. The van der Waals surface area contributed by atoms with Crippen LogP contribution in [0.1, 0.15) is 18.5 Å². The van der Waals surface area contributed by atoms with Gasteiger partial charge in [0.2, 0.25) is 5.91 Å². The van der Waals surface area contributed by atoms with Gasteiger partial charge in [-0.25, -0.2) is 19.0 Å². The molecule has 0 fully saturated rings. The molecule has 0 bridgehead atoms. The van der Waals surface area contributed by atoms with Gasteiger partial charge in [-0.3, -0.25) is 4.79 Å². The number of amides is 3. The fraction of sp³-hybridized carbons (Fsp3) is 0.294. The molecule has 1 aromatic carbocycles. The van der Waals surface area contributed by atoms with E-state index < -0.39 is 23.9 Å². The Morgan fingerprint density at radius 2 is 1.96 bits per heavy atom. The molecule has 1 aromatic heterocycles. The summed E-state index contributed by atoms with van der Waals surface area (Å²) in [6.07, 6.45) is 0.436. The van der Waals surface area contributed by atoms with Gasteiger partial charge < -0.3 is 21.5 Å². The second kappa shape index (κ2) is 9.62. The first-order valence-electron chi connectivity index (χ1n) is 8.11. The third-order valence-electron chi connectivity index (χ3n) is 3.59. The Morgan fingerprint density at radius 3 is 2.59 bits per heavy atom. The van der Waals surface area contributed by atoms with E-state index >= 15 is 0 Å². The Labute approximate surface area is 158 Å². The Balaban J connectivity index is 1.88. The van der Waals surface area contributed by atoms with E-state index in [2.05, 4.69) is 15.6 Å². The van der Waals surface area contributed by atoms with Crippen LogP contribution in [0.2, 0.25) is 0 Å². The van der Waals surface area contributed by atoms with E-state index in [1.165, 1.54) is 23.5 Å². The highest BCUT2D eigenvalue weighted by Gasteiger charge is 2.20. The zero-order valence-corrected chi connectivity index (χ0v) is 15.1. The van der Waals surface area contributed by atoms with Crippen LogP contribution in [-0.2, 0) is 16.0 Å². The lowest BCUT2D eigenvalue weighted by Gasteiger charge is -2.14. The number of carboxylic acids is 1. The van der Waals surface area contributed by atoms with Crippen LogP contribution in [0.3, 0.4) is 0 Å². The molecule has 3 amide bonds. The molecule has 27 heavy (non-hydrogen) atoms. The van der Waals surface area contributed by atoms with Crippen molar-refractivity contribution >= 4 is 29.2 Å². The summed E-state index contributed by atoms with van der Waals surface area (Å²) in [4.78, 5) is 38.3. The van der Waals surface area contributed by atoms with Crippen molar-refractivity contribution in [2.45, 2.75) is 25.3 Å². The van der Waals surface area contributed by atoms with Crippen LogP contribution in [-0.4, -0.2) is 40.6 Å². The number of nitrogens with two attached hydrogens (primary N) is 1. The van der Waals surface area contributed by atoms with E-state index in [-0.39, 0.29) is 25.2 Å². The molecule has 144 valence electrons. The quantitative estimate of drug-likeness (QED) is 0.478. The maximum Gasteiger partial charge on any atom is 0.326 e. The Kier molecular flexibility index (Phi) is 7.24. The van der Waals surface area contributed by atoms with Crippen molar-refractivity contribution in [3.8, 4) is 10.6 Å². The number of hydrogen-bond donors (Lipinski definition) is 4. The van der Waals surface area contributed by atoms with Gasteiger partial charge in [0.1, 0.15) is 16.9 Å². The number of hydrogen-bond acceptors (Lipinski definition) is 5. The van der Waals surface area contributed by atoms with Crippen LogP contribution in [0.15, 0.2) is 29.6 Å². The lowest BCUT2D eigenvalue weighted by molar-refractivity contribution is -0.141. The highest BCUT2D eigenvalue weighted by Crippen LogP contribution is 2.24. The van der Waals surface area contributed by atoms with Gasteiger partial charge >= 0.3 is 12.0 Å². The maximum atomic E-state index is 13.0. The second-order valence-electron chi connectivity index (χ2n) is 5.72. The van der Waals surface area contributed by atoms with Gasteiger partial charge in [-0.15, -0.1) is 11.3 Å². The van der Waals surface area contributed by atoms with Crippen molar-refractivity contribution in [1.29, 1.82) is 0 Å². The number of halogens is 1. The number of nitrogens with one attached hydrogen (secondary N) is 2. The third-order valence-corrected chi connectivity index (χ3v) is 4.53. The number of rotatable bonds is 9. The van der Waals surface area contributed by atoms with Crippen molar-refractivity contribution in [1.82, 2.24) is 15.6 Å². The predicted octanol–water partition coefficient (Wildman–Crippen LogP) is 1.51. The van der Waals surface area contributed by atoms with E-state index in [0.29, 0.717) is 17.1 Å². The summed E-state index contributed by atoms with van der Waals surface area (Å²) in [5, 5.41) is 16.3. The summed E-state index contributed by atoms with van der Waals surface area (Å²) < 4.78 is 13.0. The van der Waals surface area contributed by atoms with E-state index in [1.54, 1.807) is 17.5 Å². The number of benzene rings is 1. The van der Waals surface area contributed by atoms with Crippen LogP contribution < -0.4 is 16.4 Å². The van der Waals surface area contributed by atoms with Crippen molar-refractivity contribution < 1.29 is 23.9 Å². The largest absolute Gasteiger partial charge is 0.480 e. The number of carbonyl (C=O) groups is 3. The summed E-state index contributed by atoms with van der Waals surface area (Å²) in [6.45, 7) is 0.224. The lowest BCUT2D eigenvalue weighted by Crippen LogP contribution is -2.42. The van der Waals surface area contributed by atoms with Gasteiger partial charge in [0.15, 0.2) is 0 Å². The fourth-order valence-electron chi connectivity index (χ4n) is 2.30. The molecule has 10 heteroatoms. The number of carbonyl (C=O) groups excluding carboxylic acids is 2. The maximum absolute atomic E-state index is 13.0. The van der Waals surface area contributed by atoms with Gasteiger partial charge in [0.05, 0.1) is 12.1 Å². The SMILES string of the molecule is NC(=O)NCCCC(NC(=O)Cc1csc(-c2ccc(F)cc2)n1)C(=O)O. The molecule has 2 aromatic rings. The van der Waals surface area contributed by atoms with E-state index in [1.807, 2.05) is 0 Å². The van der Waals surface area contributed by atoms with Gasteiger partial charge in [-0.05, 0) is 37.1 Å². The third kappa shape index (κ3) is 6.66. The van der Waals surface area contributed by atoms with Crippen LogP contribution in [0.25, 0.3) is 10.6 Å². The number of nitrogens with zero attached hydrogens (tertiary/aromatic N) is 1. The number of primary amides is 1. The Bertz CT molecular complexity index is 810. The van der Waals surface area contributed by atoms with Crippen molar-refractivity contribution in [3.63, 3.8) is 0 Å². The minimum absolute atomic E-state index is 0.0684. The van der Waals surface area contributed by atoms with E-state index in [0.717, 1.165) is 5.56 Å². The summed E-state index contributed by atoms with van der Waals surface area (Å²) in [7, 11) is 0. The molecule has 0 aliphatic rings. The molecule has 2 rings (SSSR count). The molecule has 0 aliphatic carbocycles. The number of urea groups is 1. The highest BCUT2D eigenvalue weighted by molar-refractivity contribution is 7.13. The monoisotopic (exact) mass is 394 g/mol. The topological polar surface area (TPSA) is 134 Å². The van der Waals surface area contributed by atoms with Crippen molar-refractivity contribution in [3.05, 3.63) is 41.2 Å². The molecular formula is C17H19FN4O4S. The summed E-state index contributed by atoms with van der Waals surface area (Å²) in [5.74, 6) is -1.98. The first-order valence-corrected chi connectivity index (χ1v) is 8.99. The van der Waals surface area contributed by atoms with Crippen LogP contribution in [0, 0.1) is 5.82 Å². The molecular weight excluding hydrogens is 375 g/mol. The molecule has 0 spiro atoms. The van der Waals surface area contributed by atoms with Crippen molar-refractivity contribution in [2.24, 2.45) is 5.73 Å². The predicted molar refractivity (Wildman–Crippen MR) is 97.6 cm³/mol. The minimum Gasteiger partial charge on any atom is -0.480 e. The zero-order chi connectivity index (χ0) is 19.8. The molecule has 1 heterocycles. The molecule has 0 saturated carbocycles. The van der Waals surface area contributed by atoms with Crippen LogP contribution in [0.4, 0.5) is 9.18 Å². The Hall–Kier alpha value is -3.01. The lowest BCUT2D eigenvalue weighted by atomic mass is 10.1.